The first-order chi connectivity index (χ1) is 14.4. The fourth-order valence-corrected chi connectivity index (χ4v) is 2.92. The smallest absolute Gasteiger partial charge is 0.277 e. The number of carbonyl (C=O) groups excluding carboxylic acids is 1. The van der Waals surface area contributed by atoms with Gasteiger partial charge in [0.05, 0.1) is 30.6 Å². The van der Waals surface area contributed by atoms with Crippen molar-refractivity contribution in [1.82, 2.24) is 10.2 Å². The van der Waals surface area contributed by atoms with Gasteiger partial charge in [0.1, 0.15) is 17.3 Å². The van der Waals surface area contributed by atoms with E-state index < -0.39 is 16.6 Å². The summed E-state index contributed by atoms with van der Waals surface area (Å²) in [5, 5.41) is 21.0. The summed E-state index contributed by atoms with van der Waals surface area (Å²) >= 11 is 0.928. The third-order valence-electron chi connectivity index (χ3n) is 3.77. The van der Waals surface area contributed by atoms with Crippen LogP contribution in [0, 0.1) is 15.9 Å². The Hall–Kier alpha value is -3.67. The zero-order valence-electron chi connectivity index (χ0n) is 15.7. The first-order valence-electron chi connectivity index (χ1n) is 8.33. The molecule has 0 spiro atoms. The number of benzene rings is 2. The maximum Gasteiger partial charge on any atom is 0.277 e. The van der Waals surface area contributed by atoms with Crippen LogP contribution in [0.25, 0.3) is 11.5 Å². The average Bonchev–Trinajstić information content (AvgIpc) is 3.22. The summed E-state index contributed by atoms with van der Waals surface area (Å²) in [6.07, 6.45) is 0. The van der Waals surface area contributed by atoms with Gasteiger partial charge >= 0.3 is 0 Å². The quantitative estimate of drug-likeness (QED) is 0.321. The first kappa shape index (κ1) is 21.0. The van der Waals surface area contributed by atoms with Crippen molar-refractivity contribution >= 4 is 29.0 Å². The number of nitrogens with zero attached hydrogens (tertiary/aromatic N) is 3. The predicted octanol–water partition coefficient (Wildman–Crippen LogP) is 3.53. The van der Waals surface area contributed by atoms with Crippen LogP contribution < -0.4 is 14.8 Å². The number of hydrogen-bond acceptors (Lipinski definition) is 9. The number of nitrogens with one attached hydrogen (secondary N) is 1. The lowest BCUT2D eigenvalue weighted by atomic mass is 10.2. The molecule has 0 aliphatic carbocycles. The largest absolute Gasteiger partial charge is 0.497 e. The van der Waals surface area contributed by atoms with Gasteiger partial charge in [0, 0.05) is 23.8 Å². The van der Waals surface area contributed by atoms with E-state index >= 15 is 0 Å². The Labute approximate surface area is 173 Å². The number of nitro benzene ring substituents is 1. The van der Waals surface area contributed by atoms with Gasteiger partial charge in [-0.1, -0.05) is 11.8 Å². The molecule has 0 radical (unpaired) electrons. The first-order valence-corrected chi connectivity index (χ1v) is 9.31. The van der Waals surface area contributed by atoms with Gasteiger partial charge in [0.2, 0.25) is 11.8 Å². The molecule has 0 unspecified atom stereocenters. The molecule has 2 aromatic carbocycles. The Bertz CT molecular complexity index is 1070. The lowest BCUT2D eigenvalue weighted by Crippen LogP contribution is -2.15. The van der Waals surface area contributed by atoms with Gasteiger partial charge in [-0.25, -0.2) is 4.39 Å². The summed E-state index contributed by atoms with van der Waals surface area (Å²) in [7, 11) is 3.02. The Morgan fingerprint density at radius 2 is 1.90 bits per heavy atom. The van der Waals surface area contributed by atoms with E-state index in [2.05, 4.69) is 15.5 Å². The molecular formula is C18H15FN4O6S. The molecule has 0 bridgehead atoms. The highest BCUT2D eigenvalue weighted by atomic mass is 32.2. The lowest BCUT2D eigenvalue weighted by Gasteiger charge is -2.06. The van der Waals surface area contributed by atoms with E-state index in [0.29, 0.717) is 17.1 Å². The molecule has 0 saturated heterocycles. The molecule has 1 heterocycles. The van der Waals surface area contributed by atoms with E-state index in [1.54, 1.807) is 18.2 Å². The highest BCUT2D eigenvalue weighted by molar-refractivity contribution is 7.99. The highest BCUT2D eigenvalue weighted by Gasteiger charge is 2.16. The van der Waals surface area contributed by atoms with Gasteiger partial charge in [-0.2, -0.15) is 0 Å². The summed E-state index contributed by atoms with van der Waals surface area (Å²) in [6, 6.07) is 7.91. The number of ether oxygens (including phenoxy) is 2. The van der Waals surface area contributed by atoms with E-state index in [1.165, 1.54) is 14.2 Å². The number of hydrogen-bond donors (Lipinski definition) is 1. The topological polar surface area (TPSA) is 130 Å². The van der Waals surface area contributed by atoms with Crippen molar-refractivity contribution in [1.29, 1.82) is 0 Å². The zero-order valence-corrected chi connectivity index (χ0v) is 16.6. The van der Waals surface area contributed by atoms with Crippen molar-refractivity contribution in [2.75, 3.05) is 25.3 Å². The number of non-ortho nitro benzene ring substituents is 1. The van der Waals surface area contributed by atoms with Crippen LogP contribution in [0.5, 0.6) is 11.5 Å². The molecule has 156 valence electrons. The summed E-state index contributed by atoms with van der Waals surface area (Å²) in [5.41, 5.74) is -0.0622. The van der Waals surface area contributed by atoms with E-state index in [1.807, 2.05) is 0 Å². The molecule has 1 N–H and O–H groups in total. The number of halogens is 1. The molecule has 0 saturated carbocycles. The standard InChI is InChI=1S/C18H15FN4O6S/c1-27-12-5-10(6-13(8-12)28-2)17-21-22-18(29-17)30-9-16(24)20-15-7-11(23(25)26)3-4-14(15)19/h3-8H,9H2,1-2H3,(H,20,24). The Morgan fingerprint density at radius 3 is 2.53 bits per heavy atom. The van der Waals surface area contributed by atoms with Crippen LogP contribution in [0.2, 0.25) is 0 Å². The molecule has 0 fully saturated rings. The molecule has 0 aliphatic rings. The summed E-state index contributed by atoms with van der Waals surface area (Å²) in [4.78, 5) is 22.2. The van der Waals surface area contributed by atoms with Crippen LogP contribution in [0.3, 0.4) is 0 Å². The van der Waals surface area contributed by atoms with Crippen LogP contribution in [0.1, 0.15) is 0 Å². The lowest BCUT2D eigenvalue weighted by molar-refractivity contribution is -0.384. The molecule has 1 amide bonds. The predicted molar refractivity (Wildman–Crippen MR) is 105 cm³/mol. The van der Waals surface area contributed by atoms with Crippen molar-refractivity contribution in [3.63, 3.8) is 0 Å². The molecule has 12 heteroatoms. The fraction of sp³-hybridized carbons (Fsp3) is 0.167. The van der Waals surface area contributed by atoms with Gasteiger partial charge in [-0.15, -0.1) is 10.2 Å². The molecule has 1 aromatic heterocycles. The fourth-order valence-electron chi connectivity index (χ4n) is 2.35. The monoisotopic (exact) mass is 434 g/mol. The van der Waals surface area contributed by atoms with Crippen molar-refractivity contribution in [2.24, 2.45) is 0 Å². The average molecular weight is 434 g/mol. The number of rotatable bonds is 8. The minimum absolute atomic E-state index is 0.112. The molecule has 0 aliphatic heterocycles. The third kappa shape index (κ3) is 5.03. The van der Waals surface area contributed by atoms with E-state index in [4.69, 9.17) is 13.9 Å². The minimum Gasteiger partial charge on any atom is -0.497 e. The molecule has 3 rings (SSSR count). The van der Waals surface area contributed by atoms with E-state index in [0.717, 1.165) is 30.0 Å². The maximum atomic E-state index is 13.8. The number of thioether (sulfide) groups is 1. The van der Waals surface area contributed by atoms with Gasteiger partial charge in [0.25, 0.3) is 10.9 Å². The van der Waals surface area contributed by atoms with Crippen LogP contribution in [0.4, 0.5) is 15.8 Å². The van der Waals surface area contributed by atoms with Crippen molar-refractivity contribution in [3.8, 4) is 23.0 Å². The van der Waals surface area contributed by atoms with Crippen LogP contribution >= 0.6 is 11.8 Å². The number of amides is 1. The summed E-state index contributed by atoms with van der Waals surface area (Å²) in [6.45, 7) is 0. The Balaban J connectivity index is 1.65. The van der Waals surface area contributed by atoms with E-state index in [9.17, 15) is 19.3 Å². The molecular weight excluding hydrogens is 419 g/mol. The van der Waals surface area contributed by atoms with Crippen molar-refractivity contribution < 1.29 is 28.0 Å². The van der Waals surface area contributed by atoms with Crippen LogP contribution in [-0.4, -0.2) is 41.0 Å². The molecule has 10 nitrogen and oxygen atoms in total. The Morgan fingerprint density at radius 1 is 1.20 bits per heavy atom. The Kier molecular flexibility index (Phi) is 6.47. The van der Waals surface area contributed by atoms with Gasteiger partial charge in [-0.05, 0) is 18.2 Å². The van der Waals surface area contributed by atoms with Gasteiger partial charge in [0.15, 0.2) is 0 Å². The molecule has 0 atom stereocenters. The minimum atomic E-state index is -0.786. The second-order valence-electron chi connectivity index (χ2n) is 5.73. The molecule has 30 heavy (non-hydrogen) atoms. The zero-order chi connectivity index (χ0) is 21.7. The molecule has 3 aromatic rings. The van der Waals surface area contributed by atoms with Gasteiger partial charge < -0.3 is 19.2 Å². The highest BCUT2D eigenvalue weighted by Crippen LogP contribution is 2.30. The maximum absolute atomic E-state index is 13.8. The number of nitro groups is 1. The van der Waals surface area contributed by atoms with Crippen LogP contribution in [0.15, 0.2) is 46.0 Å². The van der Waals surface area contributed by atoms with Crippen molar-refractivity contribution in [2.45, 2.75) is 5.22 Å². The summed E-state index contributed by atoms with van der Waals surface area (Å²) < 4.78 is 29.7. The second kappa shape index (κ2) is 9.22. The number of carbonyl (C=O) groups is 1. The number of aromatic nitrogens is 2. The number of methoxy groups -OCH3 is 2. The SMILES string of the molecule is COc1cc(OC)cc(-c2nnc(SCC(=O)Nc3cc([N+](=O)[O-])ccc3F)o2)c1. The number of anilines is 1. The third-order valence-corrected chi connectivity index (χ3v) is 4.58. The van der Waals surface area contributed by atoms with Gasteiger partial charge in [-0.3, -0.25) is 14.9 Å². The summed E-state index contributed by atoms with van der Waals surface area (Å²) in [5.74, 6) is -0.288. The second-order valence-corrected chi connectivity index (χ2v) is 6.66. The van der Waals surface area contributed by atoms with Crippen LogP contribution in [-0.2, 0) is 4.79 Å². The normalized spacial score (nSPS) is 10.5. The van der Waals surface area contributed by atoms with E-state index in [-0.39, 0.29) is 28.2 Å². The van der Waals surface area contributed by atoms with Crippen molar-refractivity contribution in [3.05, 3.63) is 52.3 Å².